The Labute approximate surface area is 559 Å². The zero-order valence-corrected chi connectivity index (χ0v) is 55.8. The second-order valence-electron chi connectivity index (χ2n) is 22.7. The first kappa shape index (κ1) is 77.2. The van der Waals surface area contributed by atoms with Gasteiger partial charge in [-0.1, -0.05) is 51.5 Å². The number of pyridine rings is 2. The molecule has 0 fully saturated rings. The molecule has 0 spiro atoms. The van der Waals surface area contributed by atoms with Gasteiger partial charge in [0.2, 0.25) is 17.7 Å². The zero-order valence-electron chi connectivity index (χ0n) is 55.8. The number of ether oxygens (including phenoxy) is 12. The lowest BCUT2D eigenvalue weighted by molar-refractivity contribution is -0.172. The third-order valence-corrected chi connectivity index (χ3v) is 15.5. The number of hydrogen-bond acceptors (Lipinski definition) is 22. The number of amides is 4. The minimum atomic E-state index is -1.91. The number of cyclic esters (lactones) is 1. The van der Waals surface area contributed by atoms with Crippen molar-refractivity contribution in [2.24, 2.45) is 11.0 Å². The molecule has 2 aromatic carbocycles. The number of alkyl carbamates (subject to hydrolysis) is 1. The average Bonchev–Trinajstić information content (AvgIpc) is 1.50. The van der Waals surface area contributed by atoms with Crippen LogP contribution in [0.3, 0.4) is 0 Å². The molecule has 2 aliphatic heterocycles. The van der Waals surface area contributed by atoms with Crippen LogP contribution < -0.4 is 36.9 Å². The second-order valence-corrected chi connectivity index (χ2v) is 22.7. The van der Waals surface area contributed by atoms with Crippen molar-refractivity contribution >= 4 is 46.4 Å². The van der Waals surface area contributed by atoms with E-state index in [-0.39, 0.29) is 74.3 Å². The van der Waals surface area contributed by atoms with Crippen LogP contribution in [0.15, 0.2) is 71.2 Å². The van der Waals surface area contributed by atoms with Gasteiger partial charge in [-0.25, -0.2) is 14.6 Å². The summed E-state index contributed by atoms with van der Waals surface area (Å²) in [5, 5.41) is 29.9. The highest BCUT2D eigenvalue weighted by molar-refractivity contribution is 5.98. The molecule has 29 heteroatoms. The molecule has 2 aromatic heterocycles. The van der Waals surface area contributed by atoms with Gasteiger partial charge in [0.25, 0.3) is 5.56 Å². The van der Waals surface area contributed by atoms with E-state index in [1.807, 2.05) is 39.0 Å². The summed E-state index contributed by atoms with van der Waals surface area (Å²) in [6.45, 7) is 19.6. The lowest BCUT2D eigenvalue weighted by Crippen LogP contribution is -2.54. The summed E-state index contributed by atoms with van der Waals surface area (Å²) in [7, 11) is 0. The Morgan fingerprint density at radius 2 is 1.35 bits per heavy atom. The van der Waals surface area contributed by atoms with E-state index >= 15 is 0 Å². The fourth-order valence-electron chi connectivity index (χ4n) is 10.4. The molecule has 0 saturated heterocycles. The number of aliphatic hydroxyl groups is 1. The molecule has 3 atom stereocenters. The summed E-state index contributed by atoms with van der Waals surface area (Å²) in [4.78, 5) is 87.2. The van der Waals surface area contributed by atoms with Crippen molar-refractivity contribution in [3.8, 4) is 17.1 Å². The van der Waals surface area contributed by atoms with Crippen LogP contribution in [0.2, 0.25) is 0 Å². The Hall–Kier alpha value is -7.80. The smallest absolute Gasteiger partial charge is 0.407 e. The van der Waals surface area contributed by atoms with Crippen molar-refractivity contribution < 1.29 is 85.9 Å². The highest BCUT2D eigenvalue weighted by Crippen LogP contribution is 2.41. The van der Waals surface area contributed by atoms with Gasteiger partial charge in [-0.15, -0.1) is 0 Å². The molecule has 4 aromatic rings. The Balaban J connectivity index is 0.802. The second kappa shape index (κ2) is 43.4. The number of benzene rings is 2. The number of hydrogen-bond donors (Lipinski definition) is 6. The summed E-state index contributed by atoms with van der Waals surface area (Å²) >= 11 is 0. The summed E-state index contributed by atoms with van der Waals surface area (Å²) in [6.07, 6.45) is 3.82. The van der Waals surface area contributed by atoms with Crippen molar-refractivity contribution in [1.29, 1.82) is 0 Å². The first-order valence-electron chi connectivity index (χ1n) is 32.9. The predicted octanol–water partition coefficient (Wildman–Crippen LogP) is 5.65. The normalized spacial score (nSPS) is 14.4. The fraction of sp³-hybridized carbons (Fsp3) is 0.597. The number of azide groups is 1. The van der Waals surface area contributed by atoms with Crippen molar-refractivity contribution in [2.45, 2.75) is 110 Å². The van der Waals surface area contributed by atoms with Crippen molar-refractivity contribution in [3.05, 3.63) is 110 Å². The Kier molecular flexibility index (Phi) is 34.9. The van der Waals surface area contributed by atoms with Crippen LogP contribution in [0.5, 0.6) is 5.75 Å². The number of carbonyl (C=O) groups is 5. The molecule has 0 radical (unpaired) electrons. The molecule has 29 nitrogen and oxygen atoms in total. The molecule has 528 valence electrons. The van der Waals surface area contributed by atoms with Crippen molar-refractivity contribution in [2.75, 3.05) is 150 Å². The van der Waals surface area contributed by atoms with Gasteiger partial charge in [-0.2, -0.15) is 0 Å². The van der Waals surface area contributed by atoms with Crippen LogP contribution in [0.25, 0.3) is 32.7 Å². The molecule has 2 aliphatic rings. The van der Waals surface area contributed by atoms with Gasteiger partial charge in [0.05, 0.1) is 155 Å². The predicted molar refractivity (Wildman–Crippen MR) is 354 cm³/mol. The summed E-state index contributed by atoms with van der Waals surface area (Å²) in [5.74, 6) is -1.77. The first-order chi connectivity index (χ1) is 46.7. The highest BCUT2D eigenvalue weighted by Gasteiger charge is 2.45. The summed E-state index contributed by atoms with van der Waals surface area (Å²) in [5.41, 5.74) is 11.4. The SMILES string of the molecule is C=CNCCCC[C@H](NC(=O)[C@@H](NC(=O)CCOCCOCCOCCOCCOCCOCCOCCOCCOCCN=[N+]=[N-])C(C)C)C(=O)Nc1ccc(COC(=O)NCCCOc2ccc3nc4c(c(CC)c3c2)Cn2c-4cc3c(c2=O)COC(=O)[C@]3(O)CC)cc1. The van der Waals surface area contributed by atoms with E-state index in [0.717, 1.165) is 16.5 Å². The van der Waals surface area contributed by atoms with Crippen molar-refractivity contribution in [1.82, 2.24) is 30.8 Å². The number of unbranched alkanes of at least 4 members (excludes halogenated alkanes) is 1. The molecule has 0 bridgehead atoms. The molecule has 4 amide bonds. The van der Waals surface area contributed by atoms with Crippen LogP contribution in [0.4, 0.5) is 10.5 Å². The molecule has 0 unspecified atom stereocenters. The van der Waals surface area contributed by atoms with Crippen LogP contribution >= 0.6 is 0 Å². The van der Waals surface area contributed by atoms with Crippen molar-refractivity contribution in [3.63, 3.8) is 0 Å². The van der Waals surface area contributed by atoms with E-state index in [1.165, 1.54) is 0 Å². The zero-order chi connectivity index (χ0) is 68.8. The van der Waals surface area contributed by atoms with E-state index < -0.39 is 41.6 Å². The molecular formula is C67H96N10O19. The quantitative estimate of drug-likeness (QED) is 0.00899. The lowest BCUT2D eigenvalue weighted by Gasteiger charge is -2.31. The molecule has 0 saturated carbocycles. The van der Waals surface area contributed by atoms with Gasteiger partial charge >= 0.3 is 12.1 Å². The minimum absolute atomic E-state index is 0.00978. The maximum Gasteiger partial charge on any atom is 0.407 e. The number of aryl methyl sites for hydroxylation is 1. The van der Waals surface area contributed by atoms with Gasteiger partial charge in [0.15, 0.2) is 5.60 Å². The van der Waals surface area contributed by atoms with Gasteiger partial charge in [-0.05, 0) is 104 Å². The van der Waals surface area contributed by atoms with Gasteiger partial charge in [0.1, 0.15) is 31.0 Å². The number of nitrogens with zero attached hydrogens (tertiary/aromatic N) is 5. The van der Waals surface area contributed by atoms with E-state index in [0.29, 0.717) is 198 Å². The van der Waals surface area contributed by atoms with Crippen LogP contribution in [0.1, 0.15) is 94.0 Å². The molecule has 6 N–H and O–H groups in total. The van der Waals surface area contributed by atoms with E-state index in [2.05, 4.69) is 43.2 Å². The van der Waals surface area contributed by atoms with Crippen LogP contribution in [-0.4, -0.2) is 202 Å². The number of esters is 1. The molecule has 6 rings (SSSR count). The lowest BCUT2D eigenvalue weighted by atomic mass is 9.86. The molecule has 96 heavy (non-hydrogen) atoms. The number of rotatable bonds is 51. The standard InChI is InChI=1S/C67H96N10O19/c1-6-51-52-42-50(17-18-56(52)73-61-53(51)44-77-58(61)43-55-54(64(77)81)46-95-65(82)67(55,84)7-2)94-23-11-21-70-66(83)96-45-48-13-15-49(16-14-48)72-62(79)57(12-9-10-20-69-8-3)74-63(80)60(47(4)5)75-59(78)19-24-85-26-28-87-30-32-89-34-36-91-38-40-93-41-39-92-37-35-90-33-31-88-29-27-86-25-22-71-76-68/h8,13-18,42-43,47,57,60,69,84H,3,6-7,9-12,19-41,44-46H2,1-2,4-5H3,(H,70,83)(H,72,79)(H,74,80)(H,75,78)/t57-,60-,67-/m0/s1. The summed E-state index contributed by atoms with van der Waals surface area (Å²) < 4.78 is 67.7. The van der Waals surface area contributed by atoms with Crippen LogP contribution in [0, 0.1) is 5.92 Å². The highest BCUT2D eigenvalue weighted by atomic mass is 16.6. The molecule has 0 aliphatic carbocycles. The third-order valence-electron chi connectivity index (χ3n) is 15.5. The monoisotopic (exact) mass is 1340 g/mol. The maximum absolute atomic E-state index is 13.8. The first-order valence-corrected chi connectivity index (χ1v) is 32.9. The number of anilines is 1. The van der Waals surface area contributed by atoms with E-state index in [9.17, 15) is 33.9 Å². The number of carbonyl (C=O) groups excluding carboxylic acids is 5. The van der Waals surface area contributed by atoms with E-state index in [1.54, 1.807) is 48.0 Å². The van der Waals surface area contributed by atoms with Gasteiger partial charge < -0.3 is 93.1 Å². The maximum atomic E-state index is 13.8. The number of aromatic nitrogens is 2. The number of nitrogens with one attached hydrogen (secondary N) is 5. The molecule has 4 heterocycles. The largest absolute Gasteiger partial charge is 0.494 e. The topological polar surface area (TPSA) is 360 Å². The van der Waals surface area contributed by atoms with Gasteiger partial charge in [-0.3, -0.25) is 19.2 Å². The average molecular weight is 1350 g/mol. The minimum Gasteiger partial charge on any atom is -0.494 e. The Morgan fingerprint density at radius 3 is 1.93 bits per heavy atom. The fourth-order valence-corrected chi connectivity index (χ4v) is 10.4. The Morgan fingerprint density at radius 1 is 0.750 bits per heavy atom. The molecular weight excluding hydrogens is 1250 g/mol. The summed E-state index contributed by atoms with van der Waals surface area (Å²) in [6, 6.07) is 12.3. The van der Waals surface area contributed by atoms with E-state index in [4.69, 9.17) is 67.4 Å². The Bertz CT molecular complexity index is 3200. The number of fused-ring (bicyclic) bond motifs is 5. The van der Waals surface area contributed by atoms with Crippen LogP contribution in [-0.2, 0) is 103 Å². The third kappa shape index (κ3) is 25.3. The van der Waals surface area contributed by atoms with Gasteiger partial charge in [0, 0.05) is 53.2 Å².